The van der Waals surface area contributed by atoms with Gasteiger partial charge in [0.05, 0.1) is 17.5 Å². The van der Waals surface area contributed by atoms with Crippen molar-refractivity contribution in [1.29, 1.82) is 0 Å². The van der Waals surface area contributed by atoms with Crippen LogP contribution >= 0.6 is 0 Å². The first-order chi connectivity index (χ1) is 9.22. The normalized spacial score (nSPS) is 11.1. The van der Waals surface area contributed by atoms with Crippen molar-refractivity contribution in [3.05, 3.63) is 54.1 Å². The topological polar surface area (TPSA) is 63.4 Å². The van der Waals surface area contributed by atoms with Crippen molar-refractivity contribution in [2.75, 3.05) is 11.9 Å². The molecule has 0 aliphatic heterocycles. The number of furan rings is 1. The summed E-state index contributed by atoms with van der Waals surface area (Å²) >= 11 is 0. The third-order valence-electron chi connectivity index (χ3n) is 2.46. The molecule has 2 aromatic heterocycles. The molecule has 0 unspecified atom stereocenters. The van der Waals surface area contributed by atoms with Crippen molar-refractivity contribution in [2.24, 2.45) is 0 Å². The highest BCUT2D eigenvalue weighted by atomic mass is 16.3. The van der Waals surface area contributed by atoms with Crippen LogP contribution in [0.1, 0.15) is 5.69 Å². The summed E-state index contributed by atoms with van der Waals surface area (Å²) in [7, 11) is 1.52. The molecular weight excluding hydrogens is 244 g/mol. The van der Waals surface area contributed by atoms with Crippen molar-refractivity contribution in [3.63, 3.8) is 0 Å². The van der Waals surface area contributed by atoms with E-state index in [1.165, 1.54) is 24.3 Å². The minimum atomic E-state index is -0.504. The van der Waals surface area contributed by atoms with E-state index in [-0.39, 0.29) is 5.57 Å². The Morgan fingerprint density at radius 3 is 2.79 bits per heavy atom. The zero-order chi connectivity index (χ0) is 13.7. The monoisotopic (exact) mass is 255 g/mol. The molecule has 0 aliphatic rings. The average Bonchev–Trinajstić information content (AvgIpc) is 2.98. The second-order valence-electron chi connectivity index (χ2n) is 3.73. The maximum Gasteiger partial charge on any atom is 0.264 e. The van der Waals surface area contributed by atoms with Gasteiger partial charge in [-0.05, 0) is 24.3 Å². The van der Waals surface area contributed by atoms with Gasteiger partial charge in [0.25, 0.3) is 5.91 Å². The van der Waals surface area contributed by atoms with Gasteiger partial charge in [-0.25, -0.2) is 0 Å². The molecule has 5 nitrogen and oxygen atoms in total. The molecule has 2 heterocycles. The van der Waals surface area contributed by atoms with E-state index < -0.39 is 5.91 Å². The van der Waals surface area contributed by atoms with Crippen LogP contribution < -0.4 is 4.90 Å². The lowest BCUT2D eigenvalue weighted by Crippen LogP contribution is -2.27. The second kappa shape index (κ2) is 5.77. The van der Waals surface area contributed by atoms with E-state index in [9.17, 15) is 9.59 Å². The highest BCUT2D eigenvalue weighted by molar-refractivity contribution is 6.20. The molecule has 0 atom stereocenters. The first-order valence-corrected chi connectivity index (χ1v) is 5.55. The lowest BCUT2D eigenvalue weighted by Gasteiger charge is -2.12. The Bertz CT molecular complexity index is 588. The summed E-state index contributed by atoms with van der Waals surface area (Å²) in [4.78, 5) is 28.3. The number of aromatic nitrogens is 1. The first-order valence-electron chi connectivity index (χ1n) is 5.55. The van der Waals surface area contributed by atoms with E-state index in [1.54, 1.807) is 42.8 Å². The molecule has 1 amide bonds. The average molecular weight is 255 g/mol. The standard InChI is InChI=1S/C14H11N2O3/c1-16(13-6-4-8-19-13)14(18)11(10-17)9-12-5-2-3-7-15-12/h2-9H,1H3. The second-order valence-corrected chi connectivity index (χ2v) is 3.73. The van der Waals surface area contributed by atoms with E-state index in [0.717, 1.165) is 0 Å². The quantitative estimate of drug-likeness (QED) is 0.475. The van der Waals surface area contributed by atoms with Crippen molar-refractivity contribution < 1.29 is 14.0 Å². The number of nitrogens with zero attached hydrogens (tertiary/aromatic N) is 2. The smallest absolute Gasteiger partial charge is 0.264 e. The predicted octanol–water partition coefficient (Wildman–Crippen LogP) is 1.83. The molecule has 0 N–H and O–H groups in total. The van der Waals surface area contributed by atoms with Crippen LogP contribution in [0, 0.1) is 0 Å². The summed E-state index contributed by atoms with van der Waals surface area (Å²) in [6.07, 6.45) is 6.04. The fourth-order valence-corrected chi connectivity index (χ4v) is 1.49. The van der Waals surface area contributed by atoms with E-state index in [0.29, 0.717) is 11.6 Å². The summed E-state index contributed by atoms with van der Waals surface area (Å²) in [5.74, 6) is -0.150. The zero-order valence-corrected chi connectivity index (χ0v) is 10.2. The van der Waals surface area contributed by atoms with Crippen LogP contribution in [0.4, 0.5) is 5.88 Å². The first kappa shape index (κ1) is 12.8. The summed E-state index contributed by atoms with van der Waals surface area (Å²) < 4.78 is 5.09. The van der Waals surface area contributed by atoms with E-state index >= 15 is 0 Å². The molecule has 5 heteroatoms. The molecule has 0 aliphatic carbocycles. The van der Waals surface area contributed by atoms with Crippen LogP contribution in [0.5, 0.6) is 0 Å². The maximum absolute atomic E-state index is 12.1. The molecule has 0 saturated heterocycles. The molecule has 2 rings (SSSR count). The highest BCUT2D eigenvalue weighted by Gasteiger charge is 2.18. The molecule has 0 spiro atoms. The van der Waals surface area contributed by atoms with Gasteiger partial charge in [0, 0.05) is 19.3 Å². The van der Waals surface area contributed by atoms with Gasteiger partial charge in [-0.1, -0.05) is 6.07 Å². The Balaban J connectivity index is 2.25. The minimum absolute atomic E-state index is 0.113. The number of pyridine rings is 1. The van der Waals surface area contributed by atoms with Crippen LogP contribution in [0.25, 0.3) is 6.08 Å². The molecule has 0 bridgehead atoms. The van der Waals surface area contributed by atoms with E-state index in [2.05, 4.69) is 4.98 Å². The van der Waals surface area contributed by atoms with Crippen molar-refractivity contribution >= 4 is 24.2 Å². The largest absolute Gasteiger partial charge is 0.448 e. The van der Waals surface area contributed by atoms with Gasteiger partial charge in [-0.2, -0.15) is 0 Å². The van der Waals surface area contributed by atoms with Crippen LogP contribution in [-0.2, 0) is 9.59 Å². The van der Waals surface area contributed by atoms with E-state index in [4.69, 9.17) is 4.42 Å². The van der Waals surface area contributed by atoms with Gasteiger partial charge in [0.1, 0.15) is 0 Å². The summed E-state index contributed by atoms with van der Waals surface area (Å²) in [5.41, 5.74) is 0.402. The lowest BCUT2D eigenvalue weighted by atomic mass is 10.2. The third kappa shape index (κ3) is 2.95. The summed E-state index contributed by atoms with van der Waals surface area (Å²) in [6.45, 7) is 0. The van der Waals surface area contributed by atoms with Crippen LogP contribution in [0.3, 0.4) is 0 Å². The Hall–Kier alpha value is -2.69. The molecule has 2 aromatic rings. The van der Waals surface area contributed by atoms with Gasteiger partial charge >= 0.3 is 0 Å². The number of rotatable bonds is 4. The number of likely N-dealkylation sites (N-methyl/N-ethyl adjacent to an activating group) is 1. The van der Waals surface area contributed by atoms with Crippen LogP contribution in [-0.4, -0.2) is 24.2 Å². The summed E-state index contributed by atoms with van der Waals surface area (Å²) in [5, 5.41) is 0. The Labute approximate surface area is 110 Å². The van der Waals surface area contributed by atoms with Gasteiger partial charge in [-0.15, -0.1) is 0 Å². The number of anilines is 1. The minimum Gasteiger partial charge on any atom is -0.448 e. The molecular formula is C14H11N2O3. The van der Waals surface area contributed by atoms with Crippen molar-refractivity contribution in [2.45, 2.75) is 0 Å². The van der Waals surface area contributed by atoms with Crippen LogP contribution in [0.2, 0.25) is 0 Å². The molecule has 0 saturated carbocycles. The number of hydrogen-bond donors (Lipinski definition) is 0. The molecule has 0 fully saturated rings. The fraction of sp³-hybridized carbons (Fsp3) is 0.0714. The van der Waals surface area contributed by atoms with Crippen molar-refractivity contribution in [1.82, 2.24) is 4.98 Å². The van der Waals surface area contributed by atoms with Crippen molar-refractivity contribution in [3.8, 4) is 0 Å². The lowest BCUT2D eigenvalue weighted by molar-refractivity contribution is -0.114. The Morgan fingerprint density at radius 1 is 1.37 bits per heavy atom. The maximum atomic E-state index is 12.1. The van der Waals surface area contributed by atoms with Gasteiger partial charge in [0.15, 0.2) is 0 Å². The summed E-state index contributed by atoms with van der Waals surface area (Å²) in [6, 6.07) is 8.49. The molecule has 95 valence electrons. The Kier molecular flexibility index (Phi) is 3.87. The van der Waals surface area contributed by atoms with Gasteiger partial charge < -0.3 is 4.42 Å². The number of carbonyl (C=O) groups excluding carboxylic acids is 2. The SMILES string of the molecule is CN(C(=O)C([C]=O)=Cc1ccccn1)c1ccco1. The van der Waals surface area contributed by atoms with Gasteiger partial charge in [-0.3, -0.25) is 19.5 Å². The van der Waals surface area contributed by atoms with Crippen LogP contribution in [0.15, 0.2) is 52.8 Å². The third-order valence-corrected chi connectivity index (χ3v) is 2.46. The zero-order valence-electron chi connectivity index (χ0n) is 10.2. The highest BCUT2D eigenvalue weighted by Crippen LogP contribution is 2.15. The Morgan fingerprint density at radius 2 is 2.21 bits per heavy atom. The number of carbonyl (C=O) groups is 1. The molecule has 19 heavy (non-hydrogen) atoms. The molecule has 0 aromatic carbocycles. The van der Waals surface area contributed by atoms with E-state index in [1.807, 2.05) is 0 Å². The van der Waals surface area contributed by atoms with Gasteiger partial charge in [0.2, 0.25) is 12.2 Å². The number of hydrogen-bond acceptors (Lipinski definition) is 4. The molecule has 1 radical (unpaired) electrons. The number of amides is 1. The predicted molar refractivity (Wildman–Crippen MR) is 70.0 cm³/mol. The fourth-order valence-electron chi connectivity index (χ4n) is 1.49.